The van der Waals surface area contributed by atoms with Crippen LogP contribution in [0.5, 0.6) is 0 Å². The Bertz CT molecular complexity index is 1160. The number of ether oxygens (including phenoxy) is 1. The first-order chi connectivity index (χ1) is 17.2. The molecule has 0 aliphatic carbocycles. The number of H-pyrrole nitrogens is 1. The van der Waals surface area contributed by atoms with Gasteiger partial charge in [0.2, 0.25) is 0 Å². The van der Waals surface area contributed by atoms with Gasteiger partial charge in [0, 0.05) is 17.8 Å². The molecule has 1 aliphatic heterocycles. The van der Waals surface area contributed by atoms with Gasteiger partial charge in [-0.2, -0.15) is 0 Å². The molecule has 8 nitrogen and oxygen atoms in total. The Morgan fingerprint density at radius 2 is 1.72 bits per heavy atom. The number of amides is 1. The van der Waals surface area contributed by atoms with Crippen molar-refractivity contribution < 1.29 is 24.2 Å². The molecule has 1 aromatic carbocycles. The number of likely N-dealkylation sites (tertiary alicyclic amines) is 1. The number of aliphatic hydroxyl groups is 1. The van der Waals surface area contributed by atoms with Crippen molar-refractivity contribution in [2.75, 3.05) is 32.8 Å². The van der Waals surface area contributed by atoms with Crippen molar-refractivity contribution in [1.82, 2.24) is 14.8 Å². The van der Waals surface area contributed by atoms with Gasteiger partial charge in [-0.3, -0.25) is 9.59 Å². The molecule has 1 fully saturated rings. The zero-order valence-electron chi connectivity index (χ0n) is 22.1. The predicted octanol–water partition coefficient (Wildman–Crippen LogP) is 4.27. The molecule has 8 heteroatoms. The lowest BCUT2D eigenvalue weighted by atomic mass is 9.93. The Morgan fingerprint density at radius 1 is 1.08 bits per heavy atom. The van der Waals surface area contributed by atoms with E-state index in [1.165, 1.54) is 0 Å². The van der Waals surface area contributed by atoms with Gasteiger partial charge in [-0.15, -0.1) is 0 Å². The van der Waals surface area contributed by atoms with E-state index in [1.807, 2.05) is 31.2 Å². The number of aliphatic hydroxyl groups excluding tert-OH is 1. The zero-order valence-corrected chi connectivity index (χ0v) is 22.1. The first kappa shape index (κ1) is 27.2. The van der Waals surface area contributed by atoms with E-state index in [1.54, 1.807) is 25.7 Å². The van der Waals surface area contributed by atoms with E-state index in [-0.39, 0.29) is 23.6 Å². The molecule has 194 valence electrons. The van der Waals surface area contributed by atoms with Gasteiger partial charge in [-0.1, -0.05) is 43.7 Å². The number of nitrogens with one attached hydrogen (secondary N) is 1. The molecule has 1 aromatic heterocycles. The fraction of sp³-hybridized carbons (Fsp3) is 0.464. The van der Waals surface area contributed by atoms with Crippen molar-refractivity contribution in [3.05, 3.63) is 63.5 Å². The summed E-state index contributed by atoms with van der Waals surface area (Å²) in [5, 5.41) is 11.5. The van der Waals surface area contributed by atoms with Gasteiger partial charge < -0.3 is 24.6 Å². The number of aromatic amines is 1. The van der Waals surface area contributed by atoms with Gasteiger partial charge in [0.15, 0.2) is 0 Å². The summed E-state index contributed by atoms with van der Waals surface area (Å²) < 4.78 is 5.12. The normalized spacial score (nSPS) is 17.3. The molecule has 0 radical (unpaired) electrons. The molecule has 2 heterocycles. The lowest BCUT2D eigenvalue weighted by molar-refractivity contribution is -0.140. The summed E-state index contributed by atoms with van der Waals surface area (Å²) >= 11 is 0. The van der Waals surface area contributed by atoms with Crippen molar-refractivity contribution in [3.63, 3.8) is 0 Å². The number of aromatic nitrogens is 1. The quantitative estimate of drug-likeness (QED) is 0.221. The third-order valence-electron chi connectivity index (χ3n) is 6.85. The summed E-state index contributed by atoms with van der Waals surface area (Å²) in [5.74, 6) is -2.17. The fourth-order valence-corrected chi connectivity index (χ4v) is 4.86. The lowest BCUT2D eigenvalue weighted by Crippen LogP contribution is -2.33. The number of carbonyl (C=O) groups is 3. The van der Waals surface area contributed by atoms with Crippen LogP contribution >= 0.6 is 0 Å². The van der Waals surface area contributed by atoms with E-state index in [9.17, 15) is 19.5 Å². The summed E-state index contributed by atoms with van der Waals surface area (Å²) in [4.78, 5) is 45.8. The number of Topliss-reactive ketones (excluding diaryl/α,β-unsaturated/α-hetero) is 1. The second-order valence-corrected chi connectivity index (χ2v) is 9.13. The number of ketones is 1. The van der Waals surface area contributed by atoms with E-state index < -0.39 is 23.7 Å². The van der Waals surface area contributed by atoms with Crippen LogP contribution in [0.4, 0.5) is 0 Å². The molecule has 1 amide bonds. The summed E-state index contributed by atoms with van der Waals surface area (Å²) in [6, 6.07) is 6.91. The third-order valence-corrected chi connectivity index (χ3v) is 6.85. The van der Waals surface area contributed by atoms with Crippen LogP contribution in [0.15, 0.2) is 29.8 Å². The van der Waals surface area contributed by atoms with Crippen LogP contribution in [0.2, 0.25) is 0 Å². The molecule has 0 saturated carbocycles. The van der Waals surface area contributed by atoms with Crippen molar-refractivity contribution in [2.45, 2.75) is 54.0 Å². The van der Waals surface area contributed by atoms with Gasteiger partial charge in [-0.05, 0) is 64.9 Å². The van der Waals surface area contributed by atoms with E-state index in [0.29, 0.717) is 29.8 Å². The van der Waals surface area contributed by atoms with Gasteiger partial charge in [0.05, 0.1) is 18.2 Å². The lowest BCUT2D eigenvalue weighted by Gasteiger charge is -2.27. The first-order valence-corrected chi connectivity index (χ1v) is 12.6. The average Bonchev–Trinajstić information content (AvgIpc) is 3.29. The molecule has 1 atom stereocenters. The van der Waals surface area contributed by atoms with Crippen LogP contribution in [0.25, 0.3) is 5.76 Å². The first-order valence-electron chi connectivity index (χ1n) is 12.6. The van der Waals surface area contributed by atoms with Crippen molar-refractivity contribution >= 4 is 23.4 Å². The Balaban J connectivity index is 2.10. The van der Waals surface area contributed by atoms with Crippen LogP contribution < -0.4 is 0 Å². The Morgan fingerprint density at radius 3 is 2.31 bits per heavy atom. The zero-order chi connectivity index (χ0) is 26.6. The molecule has 1 saturated heterocycles. The third kappa shape index (κ3) is 5.23. The largest absolute Gasteiger partial charge is 0.507 e. The minimum atomic E-state index is -0.724. The molecule has 0 unspecified atom stereocenters. The molecule has 1 aliphatic rings. The van der Waals surface area contributed by atoms with E-state index >= 15 is 0 Å². The highest BCUT2D eigenvalue weighted by Crippen LogP contribution is 2.41. The molecule has 0 spiro atoms. The summed E-state index contributed by atoms with van der Waals surface area (Å²) in [7, 11) is 0. The monoisotopic (exact) mass is 495 g/mol. The van der Waals surface area contributed by atoms with Crippen molar-refractivity contribution in [3.8, 4) is 0 Å². The molecule has 2 aromatic rings. The number of hydrogen-bond acceptors (Lipinski definition) is 6. The van der Waals surface area contributed by atoms with E-state index in [2.05, 4.69) is 23.7 Å². The second kappa shape index (κ2) is 11.6. The van der Waals surface area contributed by atoms with Crippen LogP contribution in [0.1, 0.15) is 71.7 Å². The molecule has 0 bridgehead atoms. The SMILES string of the molecule is CCOC(=O)c1[nH]c(C)c(C(O)=C2C(=O)C(=O)N(CCCN(CC)CC)[C@H]2c2ccc(C)cc2)c1C. The number of esters is 1. The number of benzene rings is 1. The number of nitrogens with zero attached hydrogens (tertiary/aromatic N) is 2. The highest BCUT2D eigenvalue weighted by molar-refractivity contribution is 6.46. The van der Waals surface area contributed by atoms with E-state index in [4.69, 9.17) is 4.74 Å². The van der Waals surface area contributed by atoms with Crippen molar-refractivity contribution in [2.24, 2.45) is 0 Å². The average molecular weight is 496 g/mol. The summed E-state index contributed by atoms with van der Waals surface area (Å²) in [5.41, 5.74) is 3.39. The second-order valence-electron chi connectivity index (χ2n) is 9.13. The number of aryl methyl sites for hydroxylation is 2. The summed E-state index contributed by atoms with van der Waals surface area (Å²) in [6.07, 6.45) is 0.701. The number of carbonyl (C=O) groups excluding carboxylic acids is 3. The van der Waals surface area contributed by atoms with Crippen LogP contribution in [-0.4, -0.2) is 70.3 Å². The Hall–Kier alpha value is -3.39. The molecular weight excluding hydrogens is 458 g/mol. The fourth-order valence-electron chi connectivity index (χ4n) is 4.86. The molecular formula is C28H37N3O5. The smallest absolute Gasteiger partial charge is 0.355 e. The maximum absolute atomic E-state index is 13.3. The maximum Gasteiger partial charge on any atom is 0.355 e. The Labute approximate surface area is 212 Å². The topological polar surface area (TPSA) is 103 Å². The minimum absolute atomic E-state index is 0.0345. The number of hydrogen-bond donors (Lipinski definition) is 2. The van der Waals surface area contributed by atoms with Gasteiger partial charge in [0.25, 0.3) is 11.7 Å². The van der Waals surface area contributed by atoms with Crippen LogP contribution in [0, 0.1) is 20.8 Å². The molecule has 2 N–H and O–H groups in total. The standard InChI is InChI=1S/C28H37N3O5/c1-7-30(8-2)15-10-16-31-24(20-13-11-17(4)12-14-20)22(26(33)27(31)34)25(32)21-18(5)23(29-19(21)6)28(35)36-9-3/h11-14,24,29,32H,7-10,15-16H2,1-6H3/t24-/m0/s1. The molecule has 3 rings (SSSR count). The minimum Gasteiger partial charge on any atom is -0.507 e. The van der Waals surface area contributed by atoms with Crippen molar-refractivity contribution in [1.29, 1.82) is 0 Å². The number of rotatable bonds is 10. The summed E-state index contributed by atoms with van der Waals surface area (Å²) in [6.45, 7) is 14.5. The van der Waals surface area contributed by atoms with Crippen LogP contribution in [0.3, 0.4) is 0 Å². The van der Waals surface area contributed by atoms with Gasteiger partial charge in [-0.25, -0.2) is 4.79 Å². The van der Waals surface area contributed by atoms with E-state index in [0.717, 1.165) is 30.8 Å². The Kier molecular flexibility index (Phi) is 8.74. The van der Waals surface area contributed by atoms with Crippen LogP contribution in [-0.2, 0) is 14.3 Å². The van der Waals surface area contributed by atoms with Gasteiger partial charge in [0.1, 0.15) is 11.5 Å². The highest BCUT2D eigenvalue weighted by Gasteiger charge is 2.46. The maximum atomic E-state index is 13.3. The molecule has 36 heavy (non-hydrogen) atoms. The van der Waals surface area contributed by atoms with Gasteiger partial charge >= 0.3 is 5.97 Å². The highest BCUT2D eigenvalue weighted by atomic mass is 16.5. The predicted molar refractivity (Wildman–Crippen MR) is 139 cm³/mol.